The van der Waals surface area contributed by atoms with Crippen LogP contribution in [0.25, 0.3) is 0 Å². The third-order valence-electron chi connectivity index (χ3n) is 2.36. The Morgan fingerprint density at radius 1 is 1.42 bits per heavy atom. The van der Waals surface area contributed by atoms with Crippen molar-refractivity contribution < 1.29 is 22.3 Å². The first kappa shape index (κ1) is 15.5. The maximum atomic E-state index is 12.8. The van der Waals surface area contributed by atoms with Crippen LogP contribution in [0.15, 0.2) is 36.4 Å². The summed E-state index contributed by atoms with van der Waals surface area (Å²) >= 11 is 0. The van der Waals surface area contributed by atoms with Gasteiger partial charge in [0.15, 0.2) is 0 Å². The lowest BCUT2D eigenvalue weighted by Crippen LogP contribution is -2.33. The molecule has 1 aromatic carbocycles. The molecule has 2 nitrogen and oxygen atoms in total. The molecular weight excluding hydrogens is 262 g/mol. The number of hydrogen-bond acceptors (Lipinski definition) is 2. The van der Waals surface area contributed by atoms with Crippen LogP contribution in [0.2, 0.25) is 0 Å². The standard InChI is InChI=1S/C13H15F4NO/c1-8(2)6-11(18)9-4-3-5-10(7-9)19-13(16,17)12(14)15/h3-5,7,11-12H,1,6,18H2,2H3/t11-/m0/s1. The summed E-state index contributed by atoms with van der Waals surface area (Å²) in [6.07, 6.45) is -7.94. The second-order valence-corrected chi connectivity index (χ2v) is 4.30. The van der Waals surface area contributed by atoms with E-state index in [1.54, 1.807) is 13.0 Å². The molecule has 0 aromatic heterocycles. The molecule has 1 atom stereocenters. The van der Waals surface area contributed by atoms with Crippen LogP contribution >= 0.6 is 0 Å². The average molecular weight is 277 g/mol. The summed E-state index contributed by atoms with van der Waals surface area (Å²) in [6.45, 7) is 5.48. The van der Waals surface area contributed by atoms with Crippen LogP contribution in [0, 0.1) is 0 Å². The van der Waals surface area contributed by atoms with E-state index in [-0.39, 0.29) is 5.75 Å². The molecule has 0 aliphatic rings. The number of rotatable bonds is 6. The van der Waals surface area contributed by atoms with Gasteiger partial charge in [0.2, 0.25) is 0 Å². The second kappa shape index (κ2) is 6.06. The fourth-order valence-corrected chi connectivity index (χ4v) is 1.50. The first-order valence-electron chi connectivity index (χ1n) is 5.57. The van der Waals surface area contributed by atoms with Crippen molar-refractivity contribution in [1.82, 2.24) is 0 Å². The summed E-state index contributed by atoms with van der Waals surface area (Å²) in [7, 11) is 0. The largest absolute Gasteiger partial charge is 0.461 e. The van der Waals surface area contributed by atoms with E-state index in [1.165, 1.54) is 18.2 Å². The van der Waals surface area contributed by atoms with E-state index >= 15 is 0 Å². The van der Waals surface area contributed by atoms with Crippen LogP contribution in [-0.4, -0.2) is 12.5 Å². The average Bonchev–Trinajstić information content (AvgIpc) is 2.27. The summed E-state index contributed by atoms with van der Waals surface area (Å²) in [5.41, 5.74) is 7.19. The van der Waals surface area contributed by atoms with E-state index < -0.39 is 18.6 Å². The minimum absolute atomic E-state index is 0.347. The Hall–Kier alpha value is -1.56. The lowest BCUT2D eigenvalue weighted by molar-refractivity contribution is -0.253. The normalized spacial score (nSPS) is 13.4. The Balaban J connectivity index is 2.86. The molecule has 0 saturated carbocycles. The van der Waals surface area contributed by atoms with E-state index in [4.69, 9.17) is 5.73 Å². The lowest BCUT2D eigenvalue weighted by Gasteiger charge is -2.18. The summed E-state index contributed by atoms with van der Waals surface area (Å²) in [5, 5.41) is 0. The number of nitrogens with two attached hydrogens (primary N) is 1. The van der Waals surface area contributed by atoms with Gasteiger partial charge in [-0.1, -0.05) is 17.7 Å². The molecule has 106 valence electrons. The van der Waals surface area contributed by atoms with Crippen molar-refractivity contribution in [2.45, 2.75) is 31.9 Å². The van der Waals surface area contributed by atoms with Gasteiger partial charge in [-0.25, -0.2) is 0 Å². The maximum Gasteiger partial charge on any atom is 0.461 e. The van der Waals surface area contributed by atoms with Gasteiger partial charge in [0, 0.05) is 6.04 Å². The highest BCUT2D eigenvalue weighted by Gasteiger charge is 2.43. The van der Waals surface area contributed by atoms with Gasteiger partial charge in [-0.05, 0) is 31.0 Å². The molecule has 0 saturated heterocycles. The quantitative estimate of drug-likeness (QED) is 0.632. The molecule has 0 aliphatic heterocycles. The molecule has 0 aliphatic carbocycles. The second-order valence-electron chi connectivity index (χ2n) is 4.30. The highest BCUT2D eigenvalue weighted by Crippen LogP contribution is 2.29. The van der Waals surface area contributed by atoms with Crippen molar-refractivity contribution in [2.24, 2.45) is 5.73 Å². The van der Waals surface area contributed by atoms with Gasteiger partial charge in [-0.15, -0.1) is 6.58 Å². The van der Waals surface area contributed by atoms with Crippen molar-refractivity contribution in [3.05, 3.63) is 42.0 Å². The number of halogens is 4. The molecule has 0 amide bonds. The molecule has 0 heterocycles. The smallest absolute Gasteiger partial charge is 0.428 e. The van der Waals surface area contributed by atoms with E-state index in [2.05, 4.69) is 11.3 Å². The van der Waals surface area contributed by atoms with Gasteiger partial charge in [-0.2, -0.15) is 17.6 Å². The van der Waals surface area contributed by atoms with Gasteiger partial charge in [0.1, 0.15) is 5.75 Å². The predicted octanol–water partition coefficient (Wildman–Crippen LogP) is 3.89. The number of benzene rings is 1. The van der Waals surface area contributed by atoms with Crippen LogP contribution < -0.4 is 10.5 Å². The number of ether oxygens (including phenoxy) is 1. The monoisotopic (exact) mass is 277 g/mol. The van der Waals surface area contributed by atoms with E-state index in [0.29, 0.717) is 12.0 Å². The molecule has 1 rings (SSSR count). The summed E-state index contributed by atoms with van der Waals surface area (Å²) in [5.74, 6) is -0.347. The molecule has 0 fully saturated rings. The highest BCUT2D eigenvalue weighted by atomic mass is 19.3. The Bertz CT molecular complexity index is 448. The molecule has 2 N–H and O–H groups in total. The fourth-order valence-electron chi connectivity index (χ4n) is 1.50. The van der Waals surface area contributed by atoms with Crippen LogP contribution in [0.5, 0.6) is 5.75 Å². The summed E-state index contributed by atoms with van der Waals surface area (Å²) < 4.78 is 53.5. The Morgan fingerprint density at radius 3 is 2.58 bits per heavy atom. The van der Waals surface area contributed by atoms with Gasteiger partial charge in [-0.3, -0.25) is 0 Å². The van der Waals surface area contributed by atoms with Crippen molar-refractivity contribution in [3.63, 3.8) is 0 Å². The maximum absolute atomic E-state index is 12.8. The Labute approximate surface area is 108 Å². The number of alkyl halides is 4. The topological polar surface area (TPSA) is 35.2 Å². The molecule has 1 aromatic rings. The van der Waals surface area contributed by atoms with Crippen LogP contribution in [0.1, 0.15) is 24.9 Å². The zero-order valence-electron chi connectivity index (χ0n) is 10.4. The zero-order valence-corrected chi connectivity index (χ0v) is 10.4. The third-order valence-corrected chi connectivity index (χ3v) is 2.36. The third kappa shape index (κ3) is 4.55. The van der Waals surface area contributed by atoms with E-state index in [0.717, 1.165) is 5.57 Å². The molecular formula is C13H15F4NO. The summed E-state index contributed by atoms with van der Waals surface area (Å²) in [6, 6.07) is 4.99. The van der Waals surface area contributed by atoms with Crippen molar-refractivity contribution >= 4 is 0 Å². The summed E-state index contributed by atoms with van der Waals surface area (Å²) in [4.78, 5) is 0. The van der Waals surface area contributed by atoms with Gasteiger partial charge in [0.25, 0.3) is 0 Å². The van der Waals surface area contributed by atoms with Crippen LogP contribution in [0.3, 0.4) is 0 Å². The minimum atomic E-state index is -4.52. The lowest BCUT2D eigenvalue weighted by atomic mass is 10.0. The Morgan fingerprint density at radius 2 is 2.05 bits per heavy atom. The SMILES string of the molecule is C=C(C)C[C@H](N)c1cccc(OC(F)(F)C(F)F)c1. The minimum Gasteiger partial charge on any atom is -0.428 e. The molecule has 19 heavy (non-hydrogen) atoms. The van der Waals surface area contributed by atoms with Crippen molar-refractivity contribution in [1.29, 1.82) is 0 Å². The van der Waals surface area contributed by atoms with E-state index in [1.807, 2.05) is 0 Å². The van der Waals surface area contributed by atoms with Crippen molar-refractivity contribution in [3.8, 4) is 5.75 Å². The van der Waals surface area contributed by atoms with Gasteiger partial charge < -0.3 is 10.5 Å². The van der Waals surface area contributed by atoms with Gasteiger partial charge in [0.05, 0.1) is 0 Å². The molecule has 0 unspecified atom stereocenters. The number of hydrogen-bond donors (Lipinski definition) is 1. The fraction of sp³-hybridized carbons (Fsp3) is 0.385. The first-order chi connectivity index (χ1) is 8.72. The van der Waals surface area contributed by atoms with Crippen LogP contribution in [-0.2, 0) is 0 Å². The Kier molecular flexibility index (Phi) is 4.94. The van der Waals surface area contributed by atoms with Crippen molar-refractivity contribution in [2.75, 3.05) is 0 Å². The predicted molar refractivity (Wildman–Crippen MR) is 64.4 cm³/mol. The van der Waals surface area contributed by atoms with Crippen LogP contribution in [0.4, 0.5) is 17.6 Å². The molecule has 0 bridgehead atoms. The first-order valence-corrected chi connectivity index (χ1v) is 5.57. The van der Waals surface area contributed by atoms with E-state index in [9.17, 15) is 17.6 Å². The van der Waals surface area contributed by atoms with Gasteiger partial charge >= 0.3 is 12.5 Å². The highest BCUT2D eigenvalue weighted by molar-refractivity contribution is 5.31. The molecule has 0 spiro atoms. The molecule has 0 radical (unpaired) electrons. The molecule has 6 heteroatoms. The zero-order chi connectivity index (χ0) is 14.6.